The predicted molar refractivity (Wildman–Crippen MR) is 72.8 cm³/mol. The van der Waals surface area contributed by atoms with E-state index in [-0.39, 0.29) is 17.3 Å². The molecule has 0 aliphatic carbocycles. The average Bonchev–Trinajstić information content (AvgIpc) is 2.78. The minimum Gasteiger partial charge on any atom is -0.478 e. The number of hydrogen-bond donors (Lipinski definition) is 2. The lowest BCUT2D eigenvalue weighted by Gasteiger charge is -2.17. The minimum atomic E-state index is -1.12. The van der Waals surface area contributed by atoms with Crippen LogP contribution in [0.3, 0.4) is 0 Å². The molecule has 1 aromatic rings. The third kappa shape index (κ3) is 3.17. The standard InChI is InChI=1S/C13H15ClN2O3/c1-8-4-5-16(7-8)13(19)15-11-3-2-9(14)6-10(11)12(17)18/h2-3,6,8H,4-5,7H2,1H3,(H,15,19)(H,17,18). The van der Waals surface area contributed by atoms with Gasteiger partial charge in [0.05, 0.1) is 11.3 Å². The molecule has 19 heavy (non-hydrogen) atoms. The zero-order valence-electron chi connectivity index (χ0n) is 10.5. The number of carbonyl (C=O) groups excluding carboxylic acids is 1. The van der Waals surface area contributed by atoms with Gasteiger partial charge in [0, 0.05) is 18.1 Å². The summed E-state index contributed by atoms with van der Waals surface area (Å²) in [7, 11) is 0. The van der Waals surface area contributed by atoms with Crippen LogP contribution in [0.1, 0.15) is 23.7 Å². The molecule has 1 aromatic carbocycles. The van der Waals surface area contributed by atoms with Crippen molar-refractivity contribution in [3.05, 3.63) is 28.8 Å². The van der Waals surface area contributed by atoms with Crippen LogP contribution in [-0.4, -0.2) is 35.1 Å². The second kappa shape index (κ2) is 5.48. The van der Waals surface area contributed by atoms with Crippen LogP contribution in [0.4, 0.5) is 10.5 Å². The van der Waals surface area contributed by atoms with Gasteiger partial charge in [-0.1, -0.05) is 18.5 Å². The first-order valence-electron chi connectivity index (χ1n) is 6.06. The van der Waals surface area contributed by atoms with Gasteiger partial charge >= 0.3 is 12.0 Å². The lowest BCUT2D eigenvalue weighted by molar-refractivity contribution is 0.0698. The van der Waals surface area contributed by atoms with E-state index in [4.69, 9.17) is 16.7 Å². The molecule has 0 bridgehead atoms. The van der Waals surface area contributed by atoms with Crippen molar-refractivity contribution in [2.45, 2.75) is 13.3 Å². The Hall–Kier alpha value is -1.75. The third-order valence-electron chi connectivity index (χ3n) is 3.16. The van der Waals surface area contributed by atoms with E-state index >= 15 is 0 Å². The highest BCUT2D eigenvalue weighted by atomic mass is 35.5. The molecule has 0 aromatic heterocycles. The molecule has 0 saturated carbocycles. The number of aromatic carboxylic acids is 1. The fourth-order valence-corrected chi connectivity index (χ4v) is 2.29. The van der Waals surface area contributed by atoms with Crippen LogP contribution < -0.4 is 5.32 Å². The second-order valence-electron chi connectivity index (χ2n) is 4.77. The van der Waals surface area contributed by atoms with Crippen molar-refractivity contribution in [2.24, 2.45) is 5.92 Å². The maximum Gasteiger partial charge on any atom is 0.337 e. The van der Waals surface area contributed by atoms with Crippen molar-refractivity contribution >= 4 is 29.3 Å². The predicted octanol–water partition coefficient (Wildman–Crippen LogP) is 2.91. The molecule has 1 heterocycles. The molecule has 102 valence electrons. The SMILES string of the molecule is CC1CCN(C(=O)Nc2ccc(Cl)cc2C(=O)O)C1. The quantitative estimate of drug-likeness (QED) is 0.876. The van der Waals surface area contributed by atoms with E-state index in [1.165, 1.54) is 12.1 Å². The number of anilines is 1. The number of carboxylic acids is 1. The number of rotatable bonds is 2. The van der Waals surface area contributed by atoms with Gasteiger partial charge in [-0.05, 0) is 30.5 Å². The topological polar surface area (TPSA) is 69.6 Å². The monoisotopic (exact) mass is 282 g/mol. The van der Waals surface area contributed by atoms with Crippen LogP contribution in [-0.2, 0) is 0 Å². The molecule has 1 atom stereocenters. The fraction of sp³-hybridized carbons (Fsp3) is 0.385. The first-order valence-corrected chi connectivity index (χ1v) is 6.44. The summed E-state index contributed by atoms with van der Waals surface area (Å²) in [5, 5.41) is 12.0. The van der Waals surface area contributed by atoms with E-state index in [9.17, 15) is 9.59 Å². The fourth-order valence-electron chi connectivity index (χ4n) is 2.12. The van der Waals surface area contributed by atoms with Crippen LogP contribution >= 0.6 is 11.6 Å². The number of amides is 2. The summed E-state index contributed by atoms with van der Waals surface area (Å²) in [6.45, 7) is 3.48. The van der Waals surface area contributed by atoms with Crippen LogP contribution in [0.15, 0.2) is 18.2 Å². The highest BCUT2D eigenvalue weighted by molar-refractivity contribution is 6.31. The minimum absolute atomic E-state index is 0.00639. The smallest absolute Gasteiger partial charge is 0.337 e. The summed E-state index contributed by atoms with van der Waals surface area (Å²) in [6, 6.07) is 4.11. The molecule has 1 fully saturated rings. The summed E-state index contributed by atoms with van der Waals surface area (Å²) in [5.41, 5.74) is 0.259. The second-order valence-corrected chi connectivity index (χ2v) is 5.20. The molecule has 0 radical (unpaired) electrons. The summed E-state index contributed by atoms with van der Waals surface area (Å²) in [4.78, 5) is 24.8. The zero-order valence-corrected chi connectivity index (χ0v) is 11.3. The average molecular weight is 283 g/mol. The summed E-state index contributed by atoms with van der Waals surface area (Å²) < 4.78 is 0. The van der Waals surface area contributed by atoms with Gasteiger partial charge in [-0.25, -0.2) is 9.59 Å². The van der Waals surface area contributed by atoms with Crippen LogP contribution in [0.5, 0.6) is 0 Å². The lowest BCUT2D eigenvalue weighted by atomic mass is 10.2. The van der Waals surface area contributed by atoms with E-state index in [2.05, 4.69) is 12.2 Å². The number of hydrogen-bond acceptors (Lipinski definition) is 2. The highest BCUT2D eigenvalue weighted by Crippen LogP contribution is 2.22. The molecular formula is C13H15ClN2O3. The van der Waals surface area contributed by atoms with E-state index < -0.39 is 5.97 Å². The van der Waals surface area contributed by atoms with Gasteiger partial charge < -0.3 is 15.3 Å². The number of nitrogens with one attached hydrogen (secondary N) is 1. The Kier molecular flexibility index (Phi) is 3.95. The van der Waals surface area contributed by atoms with Crippen LogP contribution in [0, 0.1) is 5.92 Å². The van der Waals surface area contributed by atoms with Gasteiger partial charge in [-0.3, -0.25) is 0 Å². The van der Waals surface area contributed by atoms with E-state index in [1.54, 1.807) is 11.0 Å². The Morgan fingerprint density at radius 1 is 1.47 bits per heavy atom. The molecule has 2 amide bonds. The molecule has 0 spiro atoms. The first kappa shape index (κ1) is 13.7. The van der Waals surface area contributed by atoms with Crippen molar-refractivity contribution in [1.82, 2.24) is 4.90 Å². The Morgan fingerprint density at radius 3 is 2.79 bits per heavy atom. The molecule has 1 aliphatic rings. The maximum atomic E-state index is 12.0. The Bertz CT molecular complexity index is 519. The van der Waals surface area contributed by atoms with Gasteiger partial charge in [0.2, 0.25) is 0 Å². The molecule has 1 unspecified atom stereocenters. The molecule has 1 saturated heterocycles. The van der Waals surface area contributed by atoms with Gasteiger partial charge in [0.15, 0.2) is 0 Å². The van der Waals surface area contributed by atoms with Gasteiger partial charge in [0.25, 0.3) is 0 Å². The van der Waals surface area contributed by atoms with Crippen molar-refractivity contribution in [3.8, 4) is 0 Å². The Labute approximate surface area is 116 Å². The number of carbonyl (C=O) groups is 2. The van der Waals surface area contributed by atoms with E-state index in [0.29, 0.717) is 24.0 Å². The van der Waals surface area contributed by atoms with Gasteiger partial charge in [0.1, 0.15) is 0 Å². The molecule has 2 rings (SSSR count). The van der Waals surface area contributed by atoms with Gasteiger partial charge in [-0.2, -0.15) is 0 Å². The Morgan fingerprint density at radius 2 is 2.21 bits per heavy atom. The van der Waals surface area contributed by atoms with Crippen molar-refractivity contribution in [3.63, 3.8) is 0 Å². The van der Waals surface area contributed by atoms with Crippen LogP contribution in [0.2, 0.25) is 5.02 Å². The van der Waals surface area contributed by atoms with Crippen molar-refractivity contribution in [2.75, 3.05) is 18.4 Å². The summed E-state index contributed by atoms with van der Waals surface area (Å²) >= 11 is 5.76. The number of urea groups is 1. The molecule has 2 N–H and O–H groups in total. The maximum absolute atomic E-state index is 12.0. The highest BCUT2D eigenvalue weighted by Gasteiger charge is 2.24. The molecular weight excluding hydrogens is 268 g/mol. The van der Waals surface area contributed by atoms with Crippen LogP contribution in [0.25, 0.3) is 0 Å². The third-order valence-corrected chi connectivity index (χ3v) is 3.40. The summed E-state index contributed by atoms with van der Waals surface area (Å²) in [5.74, 6) is -0.637. The first-order chi connectivity index (χ1) is 8.97. The van der Waals surface area contributed by atoms with Crippen molar-refractivity contribution < 1.29 is 14.7 Å². The zero-order chi connectivity index (χ0) is 14.0. The van der Waals surface area contributed by atoms with Crippen molar-refractivity contribution in [1.29, 1.82) is 0 Å². The van der Waals surface area contributed by atoms with Gasteiger partial charge in [-0.15, -0.1) is 0 Å². The van der Waals surface area contributed by atoms with E-state index in [1.807, 2.05) is 0 Å². The number of likely N-dealkylation sites (tertiary alicyclic amines) is 1. The number of benzene rings is 1. The summed E-state index contributed by atoms with van der Waals surface area (Å²) in [6.07, 6.45) is 0.972. The van der Waals surface area contributed by atoms with E-state index in [0.717, 1.165) is 6.42 Å². The molecule has 6 heteroatoms. The number of nitrogens with zero attached hydrogens (tertiary/aromatic N) is 1. The number of carboxylic acid groups (broad SMARTS) is 1. The largest absolute Gasteiger partial charge is 0.478 e. The molecule has 1 aliphatic heterocycles. The number of halogens is 1. The Balaban J connectivity index is 2.14. The lowest BCUT2D eigenvalue weighted by Crippen LogP contribution is -2.33. The normalized spacial score (nSPS) is 18.4. The molecule has 5 nitrogen and oxygen atoms in total.